The van der Waals surface area contributed by atoms with E-state index in [2.05, 4.69) is 69.4 Å². The Morgan fingerprint density at radius 3 is 1.73 bits per heavy atom. The predicted molar refractivity (Wildman–Crippen MR) is 234 cm³/mol. The maximum atomic E-state index is 13.7. The first-order chi connectivity index (χ1) is 28.5. The number of amides is 5. The summed E-state index contributed by atoms with van der Waals surface area (Å²) in [6.07, 6.45) is 5.78. The summed E-state index contributed by atoms with van der Waals surface area (Å²) in [4.78, 5) is 70.7. The van der Waals surface area contributed by atoms with Crippen LogP contribution in [0.5, 0.6) is 0 Å². The van der Waals surface area contributed by atoms with Crippen molar-refractivity contribution in [2.45, 2.75) is 104 Å². The third kappa shape index (κ3) is 11.9. The predicted octanol–water partition coefficient (Wildman–Crippen LogP) is 7.37. The van der Waals surface area contributed by atoms with Gasteiger partial charge in [-0.3, -0.25) is 14.4 Å². The van der Waals surface area contributed by atoms with Gasteiger partial charge < -0.3 is 40.1 Å². The molecule has 0 aromatic heterocycles. The van der Waals surface area contributed by atoms with Crippen molar-refractivity contribution in [1.29, 1.82) is 0 Å². The molecule has 3 aromatic carbocycles. The minimum Gasteiger partial charge on any atom is -0.453 e. The van der Waals surface area contributed by atoms with Crippen LogP contribution in [0.15, 0.2) is 84.9 Å². The number of carbonyl (C=O) groups is 5. The van der Waals surface area contributed by atoms with E-state index in [4.69, 9.17) is 9.47 Å². The van der Waals surface area contributed by atoms with Gasteiger partial charge in [-0.2, -0.15) is 0 Å². The number of rotatable bonds is 13. The lowest BCUT2D eigenvalue weighted by atomic mass is 9.85. The van der Waals surface area contributed by atoms with E-state index in [1.54, 1.807) is 4.90 Å². The van der Waals surface area contributed by atoms with Crippen molar-refractivity contribution in [3.8, 4) is 0 Å². The normalized spacial score (nSPS) is 17.8. The molecule has 13 nitrogen and oxygen atoms in total. The van der Waals surface area contributed by atoms with Crippen molar-refractivity contribution in [3.63, 3.8) is 0 Å². The third-order valence-corrected chi connectivity index (χ3v) is 11.1. The van der Waals surface area contributed by atoms with Gasteiger partial charge >= 0.3 is 12.2 Å². The maximum Gasteiger partial charge on any atom is 0.407 e. The summed E-state index contributed by atoms with van der Waals surface area (Å²) >= 11 is 0. The number of alkyl carbamates (subject to hydrolysis) is 2. The summed E-state index contributed by atoms with van der Waals surface area (Å²) < 4.78 is 9.56. The highest BCUT2D eigenvalue weighted by Gasteiger charge is 2.42. The standard InChI is InChI=1S/C47H62N6O7/c1-46(2,3)39(49-44(57)59-7)42(55)52-28-12-16-37(52)27-24-32-18-20-33(21-19-32)30-51(36-14-10-9-11-15-36)31-34-22-25-35(26-23-34)48-41(54)38-17-13-29-53(38)43(56)40(47(4,5)6)50-45(58)60-8/h9-11,14-15,18-27,37-40H,12-13,16-17,28-31H2,1-8H3,(H,48,54)(H,49,57)(H,50,58)/t37-,38-,39+,40+/m0/s1. The zero-order valence-corrected chi connectivity index (χ0v) is 36.3. The first-order valence-electron chi connectivity index (χ1n) is 20.8. The Morgan fingerprint density at radius 1 is 0.700 bits per heavy atom. The second-order valence-electron chi connectivity index (χ2n) is 17.8. The van der Waals surface area contributed by atoms with E-state index in [0.717, 1.165) is 35.2 Å². The van der Waals surface area contributed by atoms with E-state index in [1.807, 2.05) is 88.9 Å². The minimum atomic E-state index is -0.849. The van der Waals surface area contributed by atoms with Crippen LogP contribution in [0.25, 0.3) is 6.08 Å². The van der Waals surface area contributed by atoms with Crippen molar-refractivity contribution >= 4 is 47.4 Å². The SMILES string of the molecule is COC(=O)N[C@H](C(=O)N1CCC[C@H]1C=Cc1ccc(CN(Cc2ccc(NC(=O)[C@@H]3CCCN3C(=O)[C@@H](NC(=O)OC)C(C)(C)C)cc2)c2ccccc2)cc1)C(C)(C)C. The van der Waals surface area contributed by atoms with Gasteiger partial charge in [0.2, 0.25) is 17.7 Å². The molecule has 4 atom stereocenters. The molecule has 0 bridgehead atoms. The van der Waals surface area contributed by atoms with Gasteiger partial charge in [-0.25, -0.2) is 9.59 Å². The Hall–Kier alpha value is -5.85. The number of hydrogen-bond acceptors (Lipinski definition) is 8. The average molecular weight is 823 g/mol. The number of methoxy groups -OCH3 is 2. The van der Waals surface area contributed by atoms with Crippen LogP contribution >= 0.6 is 0 Å². The van der Waals surface area contributed by atoms with Crippen molar-refractivity contribution in [1.82, 2.24) is 20.4 Å². The molecule has 0 aliphatic carbocycles. The van der Waals surface area contributed by atoms with E-state index < -0.39 is 41.1 Å². The Balaban J connectivity index is 1.22. The number of ether oxygens (including phenoxy) is 2. The van der Waals surface area contributed by atoms with E-state index in [-0.39, 0.29) is 23.8 Å². The summed E-state index contributed by atoms with van der Waals surface area (Å²) in [5, 5.41) is 8.41. The second kappa shape index (κ2) is 19.9. The zero-order valence-electron chi connectivity index (χ0n) is 36.3. The quantitative estimate of drug-likeness (QED) is 0.162. The molecule has 60 heavy (non-hydrogen) atoms. The van der Waals surface area contributed by atoms with Crippen LogP contribution in [-0.4, -0.2) is 91.2 Å². The van der Waals surface area contributed by atoms with Crippen LogP contribution in [0.3, 0.4) is 0 Å². The van der Waals surface area contributed by atoms with Crippen molar-refractivity contribution < 1.29 is 33.4 Å². The van der Waals surface area contributed by atoms with Crippen LogP contribution in [0.4, 0.5) is 21.0 Å². The Morgan fingerprint density at radius 2 is 1.20 bits per heavy atom. The monoisotopic (exact) mass is 822 g/mol. The molecule has 0 radical (unpaired) electrons. The number of para-hydroxylation sites is 1. The van der Waals surface area contributed by atoms with Crippen LogP contribution in [0.1, 0.15) is 83.9 Å². The Kier molecular flexibility index (Phi) is 15.0. The fourth-order valence-electron chi connectivity index (χ4n) is 7.75. The third-order valence-electron chi connectivity index (χ3n) is 11.1. The molecule has 13 heteroatoms. The van der Waals surface area contributed by atoms with Gasteiger partial charge in [-0.1, -0.05) is 108 Å². The number of likely N-dealkylation sites (tertiary alicyclic amines) is 2. The number of hydrogen-bond donors (Lipinski definition) is 3. The number of nitrogens with zero attached hydrogens (tertiary/aromatic N) is 3. The van der Waals surface area contributed by atoms with Gasteiger partial charge in [0.05, 0.1) is 20.3 Å². The van der Waals surface area contributed by atoms with Crippen LogP contribution in [-0.2, 0) is 36.9 Å². The number of nitrogens with one attached hydrogen (secondary N) is 3. The minimum absolute atomic E-state index is 0.0700. The summed E-state index contributed by atoms with van der Waals surface area (Å²) in [6.45, 7) is 13.7. The lowest BCUT2D eigenvalue weighted by molar-refractivity contribution is -0.140. The second-order valence-corrected chi connectivity index (χ2v) is 17.8. The summed E-state index contributed by atoms with van der Waals surface area (Å²) in [6, 6.07) is 24.1. The maximum absolute atomic E-state index is 13.7. The molecule has 2 fully saturated rings. The molecule has 5 rings (SSSR count). The molecular formula is C47H62N6O7. The highest BCUT2D eigenvalue weighted by Crippen LogP contribution is 2.29. The van der Waals surface area contributed by atoms with Crippen LogP contribution < -0.4 is 20.9 Å². The van der Waals surface area contributed by atoms with E-state index in [0.29, 0.717) is 44.7 Å². The van der Waals surface area contributed by atoms with Gasteiger partial charge in [-0.05, 0) is 77.5 Å². The zero-order chi connectivity index (χ0) is 43.6. The highest BCUT2D eigenvalue weighted by atomic mass is 16.5. The molecule has 0 saturated carbocycles. The first kappa shape index (κ1) is 45.2. The lowest BCUT2D eigenvalue weighted by Gasteiger charge is -2.35. The van der Waals surface area contributed by atoms with Crippen LogP contribution in [0.2, 0.25) is 0 Å². The molecule has 2 heterocycles. The van der Waals surface area contributed by atoms with Gasteiger partial charge in [0.25, 0.3) is 0 Å². The Bertz CT molecular complexity index is 1970. The summed E-state index contributed by atoms with van der Waals surface area (Å²) in [5.41, 5.74) is 3.84. The van der Waals surface area contributed by atoms with Gasteiger partial charge in [0.1, 0.15) is 18.1 Å². The highest BCUT2D eigenvalue weighted by molar-refractivity contribution is 5.99. The van der Waals surface area contributed by atoms with E-state index in [9.17, 15) is 24.0 Å². The molecule has 0 spiro atoms. The number of benzene rings is 3. The molecule has 5 amide bonds. The van der Waals surface area contributed by atoms with Crippen LogP contribution in [0, 0.1) is 10.8 Å². The molecule has 3 N–H and O–H groups in total. The molecule has 322 valence electrons. The molecule has 2 aliphatic rings. The molecule has 2 aliphatic heterocycles. The number of carbonyl (C=O) groups excluding carboxylic acids is 5. The lowest BCUT2D eigenvalue weighted by Crippen LogP contribution is -2.57. The fraction of sp³-hybridized carbons (Fsp3) is 0.468. The smallest absolute Gasteiger partial charge is 0.407 e. The van der Waals surface area contributed by atoms with E-state index in [1.165, 1.54) is 14.2 Å². The van der Waals surface area contributed by atoms with Gasteiger partial charge in [0, 0.05) is 37.6 Å². The molecule has 3 aromatic rings. The largest absolute Gasteiger partial charge is 0.453 e. The summed E-state index contributed by atoms with van der Waals surface area (Å²) in [5.74, 6) is -0.680. The van der Waals surface area contributed by atoms with E-state index >= 15 is 0 Å². The fourth-order valence-corrected chi connectivity index (χ4v) is 7.75. The topological polar surface area (TPSA) is 150 Å². The Labute approximate surface area is 354 Å². The molecule has 2 saturated heterocycles. The number of anilines is 2. The summed E-state index contributed by atoms with van der Waals surface area (Å²) in [7, 11) is 2.55. The first-order valence-corrected chi connectivity index (χ1v) is 20.8. The van der Waals surface area contributed by atoms with Crippen molar-refractivity contribution in [2.24, 2.45) is 10.8 Å². The molecular weight excluding hydrogens is 761 g/mol. The van der Waals surface area contributed by atoms with Crippen molar-refractivity contribution in [3.05, 3.63) is 102 Å². The molecule has 0 unspecified atom stereocenters. The van der Waals surface area contributed by atoms with Gasteiger partial charge in [-0.15, -0.1) is 0 Å². The van der Waals surface area contributed by atoms with Gasteiger partial charge in [0.15, 0.2) is 0 Å². The van der Waals surface area contributed by atoms with Crippen molar-refractivity contribution in [2.75, 3.05) is 37.5 Å². The average Bonchev–Trinajstić information content (AvgIpc) is 3.92.